The minimum Gasteiger partial charge on any atom is -0.336 e. The van der Waals surface area contributed by atoms with E-state index in [-0.39, 0.29) is 21.9 Å². The Morgan fingerprint density at radius 1 is 1.21 bits per heavy atom. The Morgan fingerprint density at radius 2 is 1.88 bits per heavy atom. The highest BCUT2D eigenvalue weighted by atomic mass is 35.5. The maximum atomic E-state index is 12.9. The third-order valence-corrected chi connectivity index (χ3v) is 5.66. The third kappa shape index (κ3) is 5.78. The van der Waals surface area contributed by atoms with Gasteiger partial charge in [0.25, 0.3) is 5.91 Å². The molecular formula is C18H28ClNO3S. The molecule has 0 saturated carbocycles. The van der Waals surface area contributed by atoms with Crippen molar-refractivity contribution in [3.05, 3.63) is 28.8 Å². The summed E-state index contributed by atoms with van der Waals surface area (Å²) >= 11 is 5.98. The highest BCUT2D eigenvalue weighted by Gasteiger charge is 2.23. The van der Waals surface area contributed by atoms with Crippen molar-refractivity contribution in [2.45, 2.75) is 63.8 Å². The molecule has 0 heterocycles. The van der Waals surface area contributed by atoms with Crippen LogP contribution in [0.15, 0.2) is 23.1 Å². The molecular weight excluding hydrogens is 346 g/mol. The monoisotopic (exact) mass is 373 g/mol. The first-order valence-corrected chi connectivity index (χ1v) is 10.8. The summed E-state index contributed by atoms with van der Waals surface area (Å²) < 4.78 is 23.7. The number of sulfone groups is 1. The zero-order valence-corrected chi connectivity index (χ0v) is 16.6. The van der Waals surface area contributed by atoms with Gasteiger partial charge in [-0.25, -0.2) is 8.42 Å². The molecule has 4 nitrogen and oxygen atoms in total. The van der Waals surface area contributed by atoms with E-state index in [1.165, 1.54) is 12.1 Å². The summed E-state index contributed by atoms with van der Waals surface area (Å²) in [6, 6.07) is 4.60. The zero-order chi connectivity index (χ0) is 18.3. The largest absolute Gasteiger partial charge is 0.336 e. The number of nitrogens with zero attached hydrogens (tertiary/aromatic N) is 1. The number of carbonyl (C=O) groups is 1. The topological polar surface area (TPSA) is 54.5 Å². The standard InChI is InChI=1S/C18H28ClNO3S/c1-5-7-8-12-20(14(3)9-6-2)18(21)15-10-11-16(19)17(13-15)24(4,22)23/h10-11,13-14H,5-9,12H2,1-4H3. The van der Waals surface area contributed by atoms with Crippen LogP contribution in [0.3, 0.4) is 0 Å². The number of hydrogen-bond acceptors (Lipinski definition) is 3. The van der Waals surface area contributed by atoms with Crippen LogP contribution in [0.5, 0.6) is 0 Å². The molecule has 6 heteroatoms. The van der Waals surface area contributed by atoms with Gasteiger partial charge in [0, 0.05) is 24.4 Å². The van der Waals surface area contributed by atoms with E-state index in [9.17, 15) is 13.2 Å². The van der Waals surface area contributed by atoms with Crippen LogP contribution in [0.2, 0.25) is 5.02 Å². The SMILES string of the molecule is CCCCCN(C(=O)c1ccc(Cl)c(S(C)(=O)=O)c1)C(C)CCC. The molecule has 0 fully saturated rings. The second-order valence-electron chi connectivity index (χ2n) is 6.26. The summed E-state index contributed by atoms with van der Waals surface area (Å²) in [5.74, 6) is -0.131. The summed E-state index contributed by atoms with van der Waals surface area (Å²) in [6.07, 6.45) is 6.11. The van der Waals surface area contributed by atoms with Gasteiger partial charge in [-0.15, -0.1) is 0 Å². The molecule has 1 rings (SSSR count). The van der Waals surface area contributed by atoms with Crippen LogP contribution in [0, 0.1) is 0 Å². The maximum Gasteiger partial charge on any atom is 0.254 e. The Morgan fingerprint density at radius 3 is 2.42 bits per heavy atom. The first-order chi connectivity index (χ1) is 11.2. The third-order valence-electron chi connectivity index (χ3n) is 4.08. The molecule has 0 saturated heterocycles. The van der Waals surface area contributed by atoms with Crippen molar-refractivity contribution >= 4 is 27.3 Å². The summed E-state index contributed by atoms with van der Waals surface area (Å²) in [6.45, 7) is 6.94. The van der Waals surface area contributed by atoms with Crippen molar-refractivity contribution in [3.8, 4) is 0 Å². The average molecular weight is 374 g/mol. The predicted octanol–water partition coefficient (Wildman–Crippen LogP) is 4.56. The van der Waals surface area contributed by atoms with Gasteiger partial charge in [-0.1, -0.05) is 44.7 Å². The number of hydrogen-bond donors (Lipinski definition) is 0. The lowest BCUT2D eigenvalue weighted by molar-refractivity contribution is 0.0679. The molecule has 0 aromatic heterocycles. The molecule has 0 N–H and O–H groups in total. The lowest BCUT2D eigenvalue weighted by atomic mass is 10.1. The molecule has 0 aliphatic rings. The first kappa shape index (κ1) is 21.0. The fraction of sp³-hybridized carbons (Fsp3) is 0.611. The van der Waals surface area contributed by atoms with Crippen LogP contribution >= 0.6 is 11.6 Å². The minimum atomic E-state index is -3.47. The summed E-state index contributed by atoms with van der Waals surface area (Å²) in [7, 11) is -3.47. The number of rotatable bonds is 9. The molecule has 1 aromatic carbocycles. The van der Waals surface area contributed by atoms with Crippen molar-refractivity contribution in [3.63, 3.8) is 0 Å². The Bertz CT molecular complexity index is 658. The number of unbranched alkanes of at least 4 members (excludes halogenated alkanes) is 2. The van der Waals surface area contributed by atoms with E-state index in [0.717, 1.165) is 38.4 Å². The van der Waals surface area contributed by atoms with Gasteiger partial charge in [-0.3, -0.25) is 4.79 Å². The highest BCUT2D eigenvalue weighted by molar-refractivity contribution is 7.90. The molecule has 1 amide bonds. The first-order valence-electron chi connectivity index (χ1n) is 8.52. The fourth-order valence-corrected chi connectivity index (χ4v) is 4.02. The quantitative estimate of drug-likeness (QED) is 0.596. The van der Waals surface area contributed by atoms with Gasteiger partial charge < -0.3 is 4.90 Å². The van der Waals surface area contributed by atoms with Crippen molar-refractivity contribution in [2.24, 2.45) is 0 Å². The lowest BCUT2D eigenvalue weighted by Crippen LogP contribution is -2.39. The molecule has 1 atom stereocenters. The smallest absolute Gasteiger partial charge is 0.254 e. The Balaban J connectivity index is 3.13. The number of amides is 1. The molecule has 1 aromatic rings. The second-order valence-corrected chi connectivity index (χ2v) is 8.65. The molecule has 0 spiro atoms. The highest BCUT2D eigenvalue weighted by Crippen LogP contribution is 2.24. The van der Waals surface area contributed by atoms with Crippen molar-refractivity contribution < 1.29 is 13.2 Å². The van der Waals surface area contributed by atoms with E-state index in [4.69, 9.17) is 11.6 Å². The second kappa shape index (κ2) is 9.42. The average Bonchev–Trinajstić information content (AvgIpc) is 2.50. The van der Waals surface area contributed by atoms with Crippen molar-refractivity contribution in [2.75, 3.05) is 12.8 Å². The van der Waals surface area contributed by atoms with Gasteiger partial charge in [0.2, 0.25) is 0 Å². The van der Waals surface area contributed by atoms with Crippen LogP contribution in [0.1, 0.15) is 63.2 Å². The lowest BCUT2D eigenvalue weighted by Gasteiger charge is -2.29. The van der Waals surface area contributed by atoms with E-state index >= 15 is 0 Å². The van der Waals surface area contributed by atoms with Crippen LogP contribution < -0.4 is 0 Å². The van der Waals surface area contributed by atoms with E-state index in [1.807, 2.05) is 11.8 Å². The Labute approximate surface area is 151 Å². The summed E-state index contributed by atoms with van der Waals surface area (Å²) in [5, 5.41) is 0.146. The van der Waals surface area contributed by atoms with Crippen LogP contribution in [0.4, 0.5) is 0 Å². The maximum absolute atomic E-state index is 12.9. The van der Waals surface area contributed by atoms with Gasteiger partial charge in [-0.2, -0.15) is 0 Å². The van der Waals surface area contributed by atoms with Crippen LogP contribution in [-0.2, 0) is 9.84 Å². The minimum absolute atomic E-state index is 0.00618. The molecule has 0 aliphatic heterocycles. The van der Waals surface area contributed by atoms with Gasteiger partial charge in [0.1, 0.15) is 0 Å². The van der Waals surface area contributed by atoms with Crippen molar-refractivity contribution in [1.29, 1.82) is 0 Å². The van der Waals surface area contributed by atoms with E-state index < -0.39 is 9.84 Å². The van der Waals surface area contributed by atoms with Crippen molar-refractivity contribution in [1.82, 2.24) is 4.90 Å². The molecule has 136 valence electrons. The number of halogens is 1. The van der Waals surface area contributed by atoms with Crippen LogP contribution in [-0.4, -0.2) is 38.1 Å². The molecule has 0 bridgehead atoms. The Kier molecular flexibility index (Phi) is 8.23. The summed E-state index contributed by atoms with van der Waals surface area (Å²) in [4.78, 5) is 14.8. The van der Waals surface area contributed by atoms with E-state index in [2.05, 4.69) is 13.8 Å². The fourth-order valence-electron chi connectivity index (χ4n) is 2.71. The molecule has 0 aliphatic carbocycles. The van der Waals surface area contributed by atoms with Gasteiger partial charge in [-0.05, 0) is 38.0 Å². The molecule has 1 unspecified atom stereocenters. The van der Waals surface area contributed by atoms with Gasteiger partial charge in [0.05, 0.1) is 9.92 Å². The van der Waals surface area contributed by atoms with Gasteiger partial charge in [0.15, 0.2) is 9.84 Å². The van der Waals surface area contributed by atoms with Gasteiger partial charge >= 0.3 is 0 Å². The summed E-state index contributed by atoms with van der Waals surface area (Å²) in [5.41, 5.74) is 0.374. The number of carbonyl (C=O) groups excluding carboxylic acids is 1. The predicted molar refractivity (Wildman–Crippen MR) is 99.5 cm³/mol. The normalized spacial score (nSPS) is 12.9. The molecule has 24 heavy (non-hydrogen) atoms. The van der Waals surface area contributed by atoms with E-state index in [1.54, 1.807) is 6.07 Å². The number of benzene rings is 1. The zero-order valence-electron chi connectivity index (χ0n) is 15.0. The molecule has 0 radical (unpaired) electrons. The Hall–Kier alpha value is -1.07. The van der Waals surface area contributed by atoms with Crippen LogP contribution in [0.25, 0.3) is 0 Å². The van der Waals surface area contributed by atoms with E-state index in [0.29, 0.717) is 12.1 Å².